The fourth-order valence-electron chi connectivity index (χ4n) is 5.94. The van der Waals surface area contributed by atoms with Crippen LogP contribution < -0.4 is 9.64 Å². The van der Waals surface area contributed by atoms with E-state index in [2.05, 4.69) is 35.6 Å². The van der Waals surface area contributed by atoms with E-state index in [9.17, 15) is 8.42 Å². The lowest BCUT2D eigenvalue weighted by atomic mass is 9.86. The molecular weight excluding hydrogens is 530 g/mol. The number of nitrogens with zero attached hydrogens (tertiary/aromatic N) is 5. The summed E-state index contributed by atoms with van der Waals surface area (Å²) in [6, 6.07) is 1.88. The smallest absolute Gasteiger partial charge is 0.226 e. The molecular formula is C29H41N5O3S2. The summed E-state index contributed by atoms with van der Waals surface area (Å²) in [6.45, 7) is 11.9. The molecule has 10 heteroatoms. The summed E-state index contributed by atoms with van der Waals surface area (Å²) in [5, 5.41) is 0. The molecule has 0 aromatic carbocycles. The SMILES string of the molecule is COc1ncc(-c2nc(N3CCCCC3)nc3c(CN4CCC(C(C)C)CC4)c(C)sc23)cc1CS(C)(=O)=O. The predicted molar refractivity (Wildman–Crippen MR) is 159 cm³/mol. The zero-order valence-electron chi connectivity index (χ0n) is 23.9. The molecule has 212 valence electrons. The summed E-state index contributed by atoms with van der Waals surface area (Å²) in [4.78, 5) is 20.9. The fourth-order valence-corrected chi connectivity index (χ4v) is 7.82. The van der Waals surface area contributed by atoms with Gasteiger partial charge in [-0.1, -0.05) is 13.8 Å². The highest BCUT2D eigenvalue weighted by molar-refractivity contribution is 7.89. The van der Waals surface area contributed by atoms with Crippen molar-refractivity contribution in [1.82, 2.24) is 19.9 Å². The van der Waals surface area contributed by atoms with Crippen LogP contribution in [0.1, 0.15) is 62.0 Å². The van der Waals surface area contributed by atoms with E-state index >= 15 is 0 Å². The molecule has 2 saturated heterocycles. The zero-order valence-corrected chi connectivity index (χ0v) is 25.5. The Morgan fingerprint density at radius 3 is 2.46 bits per heavy atom. The predicted octanol–water partition coefficient (Wildman–Crippen LogP) is 5.47. The number of fused-ring (bicyclic) bond motifs is 1. The van der Waals surface area contributed by atoms with Crippen molar-refractivity contribution in [2.45, 2.75) is 65.2 Å². The normalized spacial score (nSPS) is 17.8. The lowest BCUT2D eigenvalue weighted by Crippen LogP contribution is -2.35. The van der Waals surface area contributed by atoms with Crippen molar-refractivity contribution in [3.05, 3.63) is 28.3 Å². The molecule has 0 saturated carbocycles. The van der Waals surface area contributed by atoms with E-state index in [0.717, 1.165) is 84.8 Å². The maximum atomic E-state index is 12.2. The van der Waals surface area contributed by atoms with Crippen molar-refractivity contribution in [3.8, 4) is 17.1 Å². The topological polar surface area (TPSA) is 88.5 Å². The van der Waals surface area contributed by atoms with E-state index in [1.807, 2.05) is 6.07 Å². The number of methoxy groups -OCH3 is 1. The first kappa shape index (κ1) is 28.2. The lowest BCUT2D eigenvalue weighted by molar-refractivity contribution is 0.152. The van der Waals surface area contributed by atoms with Gasteiger partial charge >= 0.3 is 0 Å². The third kappa shape index (κ3) is 6.38. The molecule has 0 bridgehead atoms. The molecule has 0 N–H and O–H groups in total. The molecule has 0 aliphatic carbocycles. The summed E-state index contributed by atoms with van der Waals surface area (Å²) in [5.74, 6) is 2.51. The molecule has 0 unspecified atom stereocenters. The summed E-state index contributed by atoms with van der Waals surface area (Å²) in [6.07, 6.45) is 8.99. The van der Waals surface area contributed by atoms with Crippen LogP contribution in [0.5, 0.6) is 5.88 Å². The number of anilines is 1. The Hall–Kier alpha value is -2.30. The van der Waals surface area contributed by atoms with Crippen molar-refractivity contribution < 1.29 is 13.2 Å². The van der Waals surface area contributed by atoms with Crippen molar-refractivity contribution in [1.29, 1.82) is 0 Å². The number of sulfone groups is 1. The number of hydrogen-bond donors (Lipinski definition) is 0. The van der Waals surface area contributed by atoms with Gasteiger partial charge < -0.3 is 9.64 Å². The number of rotatable bonds is 8. The van der Waals surface area contributed by atoms with Crippen LogP contribution in [0.4, 0.5) is 5.95 Å². The number of aromatic nitrogens is 3. The van der Waals surface area contributed by atoms with E-state index in [1.54, 1.807) is 17.5 Å². The van der Waals surface area contributed by atoms with E-state index in [0.29, 0.717) is 11.4 Å². The fraction of sp³-hybridized carbons (Fsp3) is 0.621. The van der Waals surface area contributed by atoms with Gasteiger partial charge in [-0.2, -0.15) is 0 Å². The number of piperidine rings is 2. The summed E-state index contributed by atoms with van der Waals surface area (Å²) >= 11 is 1.73. The minimum absolute atomic E-state index is 0.134. The Morgan fingerprint density at radius 2 is 1.82 bits per heavy atom. The van der Waals surface area contributed by atoms with Crippen LogP contribution in [0, 0.1) is 18.8 Å². The van der Waals surface area contributed by atoms with Gasteiger partial charge in [-0.15, -0.1) is 11.3 Å². The van der Waals surface area contributed by atoms with E-state index in [-0.39, 0.29) is 5.75 Å². The number of thiophene rings is 1. The standard InChI is InChI=1S/C29H41N5O3S2/c1-19(2)21-9-13-33(14-10-21)17-24-20(3)38-27-25(31-29(32-26(24)27)34-11-7-6-8-12-34)22-15-23(18-39(5,35)36)28(37-4)30-16-22/h15-16,19,21H,6-14,17-18H2,1-5H3. The van der Waals surface area contributed by atoms with E-state index in [1.165, 1.54) is 43.1 Å². The van der Waals surface area contributed by atoms with Crippen LogP contribution in [0.3, 0.4) is 0 Å². The largest absolute Gasteiger partial charge is 0.481 e. The van der Waals surface area contributed by atoms with Gasteiger partial charge in [-0.25, -0.2) is 23.4 Å². The van der Waals surface area contributed by atoms with Crippen LogP contribution in [0.25, 0.3) is 21.5 Å². The van der Waals surface area contributed by atoms with Crippen LogP contribution in [-0.4, -0.2) is 67.8 Å². The molecule has 0 amide bonds. The minimum Gasteiger partial charge on any atom is -0.481 e. The Kier molecular flexibility index (Phi) is 8.45. The Labute approximate surface area is 236 Å². The molecule has 2 aliphatic heterocycles. The second kappa shape index (κ2) is 11.7. The second-order valence-electron chi connectivity index (χ2n) is 11.6. The average Bonchev–Trinajstić information content (AvgIpc) is 3.22. The maximum absolute atomic E-state index is 12.2. The van der Waals surface area contributed by atoms with Gasteiger partial charge in [-0.05, 0) is 70.0 Å². The molecule has 3 aromatic rings. The quantitative estimate of drug-likeness (QED) is 0.352. The number of likely N-dealkylation sites (tertiary alicyclic amines) is 1. The van der Waals surface area contributed by atoms with Crippen molar-refractivity contribution in [3.63, 3.8) is 0 Å². The zero-order chi connectivity index (χ0) is 27.7. The maximum Gasteiger partial charge on any atom is 0.226 e. The number of pyridine rings is 1. The van der Waals surface area contributed by atoms with Gasteiger partial charge in [0.2, 0.25) is 11.8 Å². The number of ether oxygens (including phenoxy) is 1. The third-order valence-corrected chi connectivity index (χ3v) is 10.2. The van der Waals surface area contributed by atoms with Crippen LogP contribution in [0.2, 0.25) is 0 Å². The number of hydrogen-bond acceptors (Lipinski definition) is 9. The first-order chi connectivity index (χ1) is 18.6. The third-order valence-electron chi connectivity index (χ3n) is 8.23. The minimum atomic E-state index is -3.27. The van der Waals surface area contributed by atoms with Gasteiger partial charge in [0.15, 0.2) is 9.84 Å². The first-order valence-corrected chi connectivity index (χ1v) is 17.0. The van der Waals surface area contributed by atoms with Gasteiger partial charge in [0.25, 0.3) is 0 Å². The summed E-state index contributed by atoms with van der Waals surface area (Å²) in [7, 11) is -1.75. The van der Waals surface area contributed by atoms with Gasteiger partial charge in [-0.3, -0.25) is 4.90 Å². The van der Waals surface area contributed by atoms with E-state index in [4.69, 9.17) is 14.7 Å². The van der Waals surface area contributed by atoms with Gasteiger partial charge in [0.1, 0.15) is 0 Å². The highest BCUT2D eigenvalue weighted by Crippen LogP contribution is 2.39. The second-order valence-corrected chi connectivity index (χ2v) is 14.9. The number of aryl methyl sites for hydroxylation is 1. The van der Waals surface area contributed by atoms with Crippen molar-refractivity contribution in [2.24, 2.45) is 11.8 Å². The van der Waals surface area contributed by atoms with Crippen LogP contribution in [-0.2, 0) is 22.1 Å². The highest BCUT2D eigenvalue weighted by Gasteiger charge is 2.26. The Bertz CT molecular complexity index is 1420. The molecule has 3 aromatic heterocycles. The highest BCUT2D eigenvalue weighted by atomic mass is 32.2. The Balaban J connectivity index is 1.59. The molecule has 5 heterocycles. The lowest BCUT2D eigenvalue weighted by Gasteiger charge is -2.33. The molecule has 2 fully saturated rings. The molecule has 0 spiro atoms. The Morgan fingerprint density at radius 1 is 1.10 bits per heavy atom. The summed E-state index contributed by atoms with van der Waals surface area (Å²) < 4.78 is 30.8. The monoisotopic (exact) mass is 571 g/mol. The van der Waals surface area contributed by atoms with Gasteiger partial charge in [0.05, 0.1) is 28.8 Å². The molecule has 39 heavy (non-hydrogen) atoms. The molecule has 2 aliphatic rings. The van der Waals surface area contributed by atoms with Crippen molar-refractivity contribution in [2.75, 3.05) is 44.4 Å². The molecule has 8 nitrogen and oxygen atoms in total. The van der Waals surface area contributed by atoms with E-state index < -0.39 is 9.84 Å². The molecule has 0 atom stereocenters. The first-order valence-electron chi connectivity index (χ1n) is 14.1. The van der Waals surface area contributed by atoms with Crippen LogP contribution in [0.15, 0.2) is 12.3 Å². The summed E-state index contributed by atoms with van der Waals surface area (Å²) in [5.41, 5.74) is 4.48. The van der Waals surface area contributed by atoms with Crippen molar-refractivity contribution >= 4 is 37.3 Å². The van der Waals surface area contributed by atoms with Gasteiger partial charge in [0, 0.05) is 53.7 Å². The molecule has 0 radical (unpaired) electrons. The average molecular weight is 572 g/mol. The molecule has 5 rings (SSSR count). The van der Waals surface area contributed by atoms with Crippen LogP contribution >= 0.6 is 11.3 Å².